The molecule has 134 valence electrons. The van der Waals surface area contributed by atoms with Gasteiger partial charge in [-0.3, -0.25) is 4.79 Å². The van der Waals surface area contributed by atoms with Crippen molar-refractivity contribution in [2.24, 2.45) is 5.92 Å². The van der Waals surface area contributed by atoms with E-state index in [2.05, 4.69) is 41.7 Å². The number of carbonyl (C=O) groups is 1. The van der Waals surface area contributed by atoms with Crippen molar-refractivity contribution >= 4 is 5.97 Å². The van der Waals surface area contributed by atoms with E-state index in [-0.39, 0.29) is 24.7 Å². The van der Waals surface area contributed by atoms with E-state index in [0.29, 0.717) is 24.5 Å². The molecule has 3 heterocycles. The summed E-state index contributed by atoms with van der Waals surface area (Å²) >= 11 is 0. The van der Waals surface area contributed by atoms with Gasteiger partial charge in [-0.25, -0.2) is 0 Å². The molecule has 3 saturated heterocycles. The lowest BCUT2D eigenvalue weighted by molar-refractivity contribution is -0.137. The number of fused-ring (bicyclic) bond motifs is 5. The number of epoxide rings is 1. The molecule has 0 amide bonds. The van der Waals surface area contributed by atoms with Gasteiger partial charge in [0.15, 0.2) is 0 Å². The Kier molecular flexibility index (Phi) is 4.88. The highest BCUT2D eigenvalue weighted by molar-refractivity contribution is 5.66. The Morgan fingerprint density at radius 2 is 1.84 bits per heavy atom. The highest BCUT2D eigenvalue weighted by Gasteiger charge is 2.68. The average Bonchev–Trinajstić information content (AvgIpc) is 3.24. The fourth-order valence-corrected chi connectivity index (χ4v) is 4.20. The summed E-state index contributed by atoms with van der Waals surface area (Å²) in [5.41, 5.74) is 1.28. The fourth-order valence-electron chi connectivity index (χ4n) is 4.20. The number of carboxylic acid groups (broad SMARTS) is 1. The van der Waals surface area contributed by atoms with Crippen LogP contribution >= 0.6 is 0 Å². The molecular weight excluding hydrogens is 318 g/mol. The van der Waals surface area contributed by atoms with Crippen molar-refractivity contribution in [2.75, 3.05) is 0 Å². The first-order valence-corrected chi connectivity index (χ1v) is 9.19. The molecule has 0 aliphatic carbocycles. The number of carboxylic acids is 1. The maximum atomic E-state index is 10.5. The minimum absolute atomic E-state index is 0.170. The molecule has 0 aromatic heterocycles. The number of unbranched alkanes of at least 4 members (excludes halogenated alkanes) is 1. The van der Waals surface area contributed by atoms with Gasteiger partial charge in [0, 0.05) is 24.9 Å². The molecular formula is C20H25NO4. The maximum Gasteiger partial charge on any atom is 0.303 e. The largest absolute Gasteiger partial charge is 0.481 e. The molecule has 0 unspecified atom stereocenters. The van der Waals surface area contributed by atoms with E-state index in [4.69, 9.17) is 14.6 Å². The van der Waals surface area contributed by atoms with Crippen molar-refractivity contribution in [1.82, 2.24) is 5.32 Å². The van der Waals surface area contributed by atoms with Crippen molar-refractivity contribution in [3.8, 4) is 0 Å². The molecule has 1 aromatic rings. The number of aliphatic carboxylic acids is 1. The Hall–Kier alpha value is -1.69. The summed E-state index contributed by atoms with van der Waals surface area (Å²) < 4.78 is 11.9. The van der Waals surface area contributed by atoms with Crippen molar-refractivity contribution in [3.63, 3.8) is 0 Å². The minimum atomic E-state index is -0.725. The number of rotatable bonds is 9. The number of nitrogens with one attached hydrogen (secondary N) is 1. The Labute approximate surface area is 148 Å². The summed E-state index contributed by atoms with van der Waals surface area (Å²) in [6.45, 7) is 0.842. The standard InChI is InChI=1S/C20H25NO4/c22-15(23)11-7-2-1-6-10-14-16(18-20-19(25-20)17(14)24-18)21-12-13-8-4-3-5-9-13/h1,3-6,8-9,14,16-21H,2,7,10-12H2,(H,22,23)/t14-,16+,17+,18-,19-,20+/m0/s1. The third-order valence-electron chi connectivity index (χ3n) is 5.48. The van der Waals surface area contributed by atoms with Crippen molar-refractivity contribution in [3.05, 3.63) is 48.0 Å². The molecule has 3 fully saturated rings. The SMILES string of the molecule is O=C(O)CCCC=CC[C@H]1[C@@H](NCc2ccccc2)[C@@H]2O[C@H]1[C@@H]1O[C@@H]12. The molecule has 0 radical (unpaired) electrons. The molecule has 2 N–H and O–H groups in total. The van der Waals surface area contributed by atoms with E-state index in [1.807, 2.05) is 6.07 Å². The van der Waals surface area contributed by atoms with Crippen LogP contribution in [0.2, 0.25) is 0 Å². The van der Waals surface area contributed by atoms with Gasteiger partial charge in [-0.05, 0) is 24.8 Å². The summed E-state index contributed by atoms with van der Waals surface area (Å²) in [7, 11) is 0. The van der Waals surface area contributed by atoms with Crippen molar-refractivity contribution in [2.45, 2.75) is 62.7 Å². The van der Waals surface area contributed by atoms with Crippen molar-refractivity contribution < 1.29 is 19.4 Å². The van der Waals surface area contributed by atoms with Gasteiger partial charge in [0.25, 0.3) is 0 Å². The maximum absolute atomic E-state index is 10.5. The van der Waals surface area contributed by atoms with Gasteiger partial charge in [0.2, 0.25) is 0 Å². The first-order chi connectivity index (χ1) is 12.2. The average molecular weight is 343 g/mol. The van der Waals surface area contributed by atoms with Crippen LogP contribution in [0.3, 0.4) is 0 Å². The van der Waals surface area contributed by atoms with Crippen LogP contribution in [-0.4, -0.2) is 41.5 Å². The lowest BCUT2D eigenvalue weighted by atomic mass is 9.82. The van der Waals surface area contributed by atoms with Crippen LogP contribution in [0.1, 0.15) is 31.2 Å². The Balaban J connectivity index is 1.31. The molecule has 4 rings (SSSR count). The summed E-state index contributed by atoms with van der Waals surface area (Å²) in [4.78, 5) is 10.5. The monoisotopic (exact) mass is 343 g/mol. The predicted molar refractivity (Wildman–Crippen MR) is 93.1 cm³/mol. The number of benzene rings is 1. The summed E-state index contributed by atoms with van der Waals surface area (Å²) in [5, 5.41) is 12.4. The van der Waals surface area contributed by atoms with E-state index in [0.717, 1.165) is 19.4 Å². The molecule has 5 nitrogen and oxygen atoms in total. The summed E-state index contributed by atoms with van der Waals surface area (Å²) in [5.74, 6) is -0.301. The Morgan fingerprint density at radius 1 is 1.08 bits per heavy atom. The molecule has 25 heavy (non-hydrogen) atoms. The van der Waals surface area contributed by atoms with Crippen LogP contribution in [0.15, 0.2) is 42.5 Å². The first kappa shape index (κ1) is 16.8. The predicted octanol–water partition coefficient (Wildman–Crippen LogP) is 2.51. The van der Waals surface area contributed by atoms with Gasteiger partial charge in [-0.15, -0.1) is 0 Å². The van der Waals surface area contributed by atoms with Gasteiger partial charge in [0.1, 0.15) is 18.3 Å². The van der Waals surface area contributed by atoms with Crippen LogP contribution in [0.4, 0.5) is 0 Å². The van der Waals surface area contributed by atoms with Crippen LogP contribution in [0.25, 0.3) is 0 Å². The summed E-state index contributed by atoms with van der Waals surface area (Å²) in [6, 6.07) is 10.7. The number of hydrogen-bond acceptors (Lipinski definition) is 4. The third-order valence-corrected chi connectivity index (χ3v) is 5.48. The summed E-state index contributed by atoms with van der Waals surface area (Å²) in [6.07, 6.45) is 7.95. The minimum Gasteiger partial charge on any atom is -0.481 e. The number of allylic oxidation sites excluding steroid dienone is 2. The molecule has 5 heteroatoms. The quantitative estimate of drug-likeness (QED) is 0.409. The first-order valence-electron chi connectivity index (χ1n) is 9.19. The van der Waals surface area contributed by atoms with Gasteiger partial charge in [0.05, 0.1) is 6.10 Å². The molecule has 1 aromatic carbocycles. The fraction of sp³-hybridized carbons (Fsp3) is 0.550. The van der Waals surface area contributed by atoms with E-state index in [1.54, 1.807) is 0 Å². The van der Waals surface area contributed by atoms with Crippen LogP contribution < -0.4 is 5.32 Å². The van der Waals surface area contributed by atoms with Crippen molar-refractivity contribution in [1.29, 1.82) is 0 Å². The van der Waals surface area contributed by atoms with E-state index < -0.39 is 5.97 Å². The van der Waals surface area contributed by atoms with E-state index in [9.17, 15) is 4.79 Å². The normalized spacial score (nSPS) is 35.2. The molecule has 0 saturated carbocycles. The highest BCUT2D eigenvalue weighted by Crippen LogP contribution is 2.52. The van der Waals surface area contributed by atoms with Gasteiger partial charge in [-0.1, -0.05) is 42.5 Å². The van der Waals surface area contributed by atoms with Gasteiger partial charge >= 0.3 is 5.97 Å². The second kappa shape index (κ2) is 7.28. The lowest BCUT2D eigenvalue weighted by Crippen LogP contribution is -2.46. The van der Waals surface area contributed by atoms with Gasteiger partial charge < -0.3 is 19.9 Å². The number of hydrogen-bond donors (Lipinski definition) is 2. The van der Waals surface area contributed by atoms with Crippen LogP contribution in [0, 0.1) is 5.92 Å². The molecule has 6 atom stereocenters. The second-order valence-corrected chi connectivity index (χ2v) is 7.18. The smallest absolute Gasteiger partial charge is 0.303 e. The number of ether oxygens (including phenoxy) is 2. The molecule has 2 bridgehead atoms. The zero-order valence-corrected chi connectivity index (χ0v) is 14.2. The molecule has 3 aliphatic heterocycles. The second-order valence-electron chi connectivity index (χ2n) is 7.18. The van der Waals surface area contributed by atoms with Crippen LogP contribution in [-0.2, 0) is 20.8 Å². The zero-order chi connectivity index (χ0) is 17.2. The highest BCUT2D eigenvalue weighted by atomic mass is 16.7. The molecule has 0 spiro atoms. The van der Waals surface area contributed by atoms with Gasteiger partial charge in [-0.2, -0.15) is 0 Å². The lowest BCUT2D eigenvalue weighted by Gasteiger charge is -2.26. The zero-order valence-electron chi connectivity index (χ0n) is 14.2. The molecule has 3 aliphatic rings. The van der Waals surface area contributed by atoms with E-state index in [1.165, 1.54) is 5.56 Å². The Bertz CT molecular complexity index is 632. The topological polar surface area (TPSA) is 71.1 Å². The van der Waals surface area contributed by atoms with Crippen LogP contribution in [0.5, 0.6) is 0 Å². The Morgan fingerprint density at radius 3 is 2.64 bits per heavy atom. The third kappa shape index (κ3) is 3.64. The van der Waals surface area contributed by atoms with E-state index >= 15 is 0 Å².